The Morgan fingerprint density at radius 2 is 2.20 bits per heavy atom. The van der Waals surface area contributed by atoms with Gasteiger partial charge in [-0.25, -0.2) is 4.98 Å². The van der Waals surface area contributed by atoms with Gasteiger partial charge in [0.1, 0.15) is 11.5 Å². The summed E-state index contributed by atoms with van der Waals surface area (Å²) in [5.41, 5.74) is -0.688. The van der Waals surface area contributed by atoms with E-state index in [2.05, 4.69) is 4.98 Å². The minimum Gasteiger partial charge on any atom is -0.388 e. The quantitative estimate of drug-likeness (QED) is 0.803. The van der Waals surface area contributed by atoms with Crippen LogP contribution in [0.1, 0.15) is 23.8 Å². The van der Waals surface area contributed by atoms with Crippen LogP contribution in [0.25, 0.3) is 0 Å². The summed E-state index contributed by atoms with van der Waals surface area (Å²) >= 11 is 0. The van der Waals surface area contributed by atoms with E-state index < -0.39 is 11.7 Å². The van der Waals surface area contributed by atoms with Crippen molar-refractivity contribution in [1.29, 1.82) is 0 Å². The molecule has 0 saturated carbocycles. The molecule has 0 spiro atoms. The zero-order valence-electron chi connectivity index (χ0n) is 12.1. The largest absolute Gasteiger partial charge is 0.388 e. The number of amides is 1. The zero-order valence-corrected chi connectivity index (χ0v) is 12.1. The van der Waals surface area contributed by atoms with Crippen molar-refractivity contribution < 1.29 is 15.0 Å². The lowest BCUT2D eigenvalue weighted by Gasteiger charge is -2.40. The predicted octanol–water partition coefficient (Wildman–Crippen LogP) is 0.105. The van der Waals surface area contributed by atoms with Gasteiger partial charge in [-0.15, -0.1) is 0 Å². The molecule has 1 aromatic heterocycles. The van der Waals surface area contributed by atoms with E-state index in [1.54, 1.807) is 39.2 Å². The van der Waals surface area contributed by atoms with Gasteiger partial charge in [0.15, 0.2) is 0 Å². The molecule has 1 aliphatic rings. The third kappa shape index (κ3) is 2.91. The lowest BCUT2D eigenvalue weighted by Crippen LogP contribution is -2.54. The molecule has 2 atom stereocenters. The van der Waals surface area contributed by atoms with E-state index in [1.165, 1.54) is 4.90 Å². The number of nitrogens with zero attached hydrogens (tertiary/aromatic N) is 3. The van der Waals surface area contributed by atoms with Gasteiger partial charge in [0.05, 0.1) is 11.7 Å². The highest BCUT2D eigenvalue weighted by molar-refractivity contribution is 5.92. The van der Waals surface area contributed by atoms with Crippen LogP contribution in [0.5, 0.6) is 0 Å². The van der Waals surface area contributed by atoms with Gasteiger partial charge < -0.3 is 20.0 Å². The van der Waals surface area contributed by atoms with E-state index in [9.17, 15) is 15.0 Å². The molecule has 1 saturated heterocycles. The monoisotopic (exact) mass is 279 g/mol. The third-order valence-electron chi connectivity index (χ3n) is 3.68. The molecule has 2 heterocycles. The van der Waals surface area contributed by atoms with Crippen molar-refractivity contribution in [2.24, 2.45) is 0 Å². The van der Waals surface area contributed by atoms with Crippen molar-refractivity contribution in [2.75, 3.05) is 32.1 Å². The summed E-state index contributed by atoms with van der Waals surface area (Å²) in [7, 11) is 3.36. The van der Waals surface area contributed by atoms with Gasteiger partial charge >= 0.3 is 0 Å². The summed E-state index contributed by atoms with van der Waals surface area (Å²) in [6.45, 7) is 2.53. The topological polar surface area (TPSA) is 76.9 Å². The van der Waals surface area contributed by atoms with Gasteiger partial charge in [-0.2, -0.15) is 0 Å². The Hall–Kier alpha value is -1.66. The zero-order chi connectivity index (χ0) is 14.9. The number of piperidine rings is 1. The first-order valence-corrected chi connectivity index (χ1v) is 6.65. The van der Waals surface area contributed by atoms with Crippen molar-refractivity contribution in [3.8, 4) is 0 Å². The van der Waals surface area contributed by atoms with E-state index in [1.807, 2.05) is 4.90 Å². The molecule has 2 N–H and O–H groups in total. The normalized spacial score (nSPS) is 26.4. The second kappa shape index (κ2) is 5.38. The Bertz CT molecular complexity index is 502. The van der Waals surface area contributed by atoms with Crippen molar-refractivity contribution in [3.05, 3.63) is 23.9 Å². The molecule has 0 unspecified atom stereocenters. The number of aliphatic hydroxyl groups is 2. The minimum atomic E-state index is -1.06. The van der Waals surface area contributed by atoms with E-state index in [4.69, 9.17) is 0 Å². The van der Waals surface area contributed by atoms with Crippen LogP contribution in [-0.2, 0) is 0 Å². The Morgan fingerprint density at radius 1 is 1.50 bits per heavy atom. The maximum Gasteiger partial charge on any atom is 0.272 e. The van der Waals surface area contributed by atoms with Gasteiger partial charge in [-0.3, -0.25) is 4.79 Å². The lowest BCUT2D eigenvalue weighted by atomic mass is 9.91. The maximum atomic E-state index is 11.9. The van der Waals surface area contributed by atoms with E-state index in [0.29, 0.717) is 31.0 Å². The molecule has 6 nitrogen and oxygen atoms in total. The number of β-amino-alcohol motifs (C(OH)–C–C–N with tert-alkyl or cyclic N) is 1. The molecular weight excluding hydrogens is 258 g/mol. The first kappa shape index (κ1) is 14.7. The number of rotatable bonds is 2. The Labute approximate surface area is 118 Å². The average Bonchev–Trinajstić information content (AvgIpc) is 2.41. The Balaban J connectivity index is 2.18. The summed E-state index contributed by atoms with van der Waals surface area (Å²) < 4.78 is 0. The number of anilines is 1. The van der Waals surface area contributed by atoms with Crippen LogP contribution in [-0.4, -0.2) is 64.9 Å². The fourth-order valence-electron chi connectivity index (χ4n) is 2.18. The summed E-state index contributed by atoms with van der Waals surface area (Å²) in [6, 6.07) is 5.25. The van der Waals surface area contributed by atoms with Crippen molar-refractivity contribution in [1.82, 2.24) is 9.88 Å². The minimum absolute atomic E-state index is 0.156. The van der Waals surface area contributed by atoms with Crippen LogP contribution < -0.4 is 4.90 Å². The number of hydrogen-bond donors (Lipinski definition) is 2. The number of carbonyl (C=O) groups excluding carboxylic acids is 1. The smallest absolute Gasteiger partial charge is 0.272 e. The highest BCUT2D eigenvalue weighted by Crippen LogP contribution is 2.25. The molecule has 1 fully saturated rings. The fraction of sp³-hybridized carbons (Fsp3) is 0.571. The SMILES string of the molecule is CN(C)C(=O)c1cccc(N2CC[C@](C)(O)[C@@H](O)C2)n1. The van der Waals surface area contributed by atoms with Gasteiger partial charge in [-0.05, 0) is 25.5 Å². The molecule has 0 bridgehead atoms. The predicted molar refractivity (Wildman–Crippen MR) is 75.7 cm³/mol. The molecule has 0 radical (unpaired) electrons. The fourth-order valence-corrected chi connectivity index (χ4v) is 2.18. The second-order valence-electron chi connectivity index (χ2n) is 5.65. The highest BCUT2D eigenvalue weighted by atomic mass is 16.3. The van der Waals surface area contributed by atoms with Crippen LogP contribution >= 0.6 is 0 Å². The van der Waals surface area contributed by atoms with E-state index in [-0.39, 0.29) is 5.91 Å². The van der Waals surface area contributed by atoms with E-state index in [0.717, 1.165) is 0 Å². The van der Waals surface area contributed by atoms with Crippen LogP contribution in [0.15, 0.2) is 18.2 Å². The maximum absolute atomic E-state index is 11.9. The van der Waals surface area contributed by atoms with Gasteiger partial charge in [-0.1, -0.05) is 6.07 Å². The van der Waals surface area contributed by atoms with Crippen LogP contribution in [0.4, 0.5) is 5.82 Å². The molecule has 1 aliphatic heterocycles. The molecule has 1 aromatic rings. The Kier molecular flexibility index (Phi) is 3.96. The first-order chi connectivity index (χ1) is 9.31. The summed E-state index contributed by atoms with van der Waals surface area (Å²) in [5.74, 6) is 0.489. The molecule has 110 valence electrons. The number of hydrogen-bond acceptors (Lipinski definition) is 5. The number of pyridine rings is 1. The van der Waals surface area contributed by atoms with Crippen LogP contribution in [0.2, 0.25) is 0 Å². The average molecular weight is 279 g/mol. The van der Waals surface area contributed by atoms with Gasteiger partial charge in [0, 0.05) is 27.2 Å². The van der Waals surface area contributed by atoms with Gasteiger partial charge in [0.2, 0.25) is 0 Å². The molecule has 0 aliphatic carbocycles. The first-order valence-electron chi connectivity index (χ1n) is 6.65. The molecule has 2 rings (SSSR count). The molecule has 6 heteroatoms. The number of aliphatic hydroxyl groups excluding tert-OH is 1. The number of carbonyl (C=O) groups is 1. The summed E-state index contributed by atoms with van der Waals surface area (Å²) in [6.07, 6.45) is -0.368. The van der Waals surface area contributed by atoms with Crippen molar-refractivity contribution >= 4 is 11.7 Å². The highest BCUT2D eigenvalue weighted by Gasteiger charge is 2.36. The summed E-state index contributed by atoms with van der Waals surface area (Å²) in [5, 5.41) is 19.9. The third-order valence-corrected chi connectivity index (χ3v) is 3.68. The van der Waals surface area contributed by atoms with Crippen molar-refractivity contribution in [2.45, 2.75) is 25.0 Å². The lowest BCUT2D eigenvalue weighted by molar-refractivity contribution is -0.0722. The standard InChI is InChI=1S/C14H21N3O3/c1-14(20)7-8-17(9-11(14)18)12-6-4-5-10(15-12)13(19)16(2)3/h4-6,11,18,20H,7-9H2,1-3H3/t11-,14-/m0/s1. The molecule has 20 heavy (non-hydrogen) atoms. The van der Waals surface area contributed by atoms with Gasteiger partial charge in [0.25, 0.3) is 5.91 Å². The van der Waals surface area contributed by atoms with Crippen molar-refractivity contribution in [3.63, 3.8) is 0 Å². The number of aromatic nitrogens is 1. The van der Waals surface area contributed by atoms with Crippen LogP contribution in [0, 0.1) is 0 Å². The molecular formula is C14H21N3O3. The van der Waals surface area contributed by atoms with Crippen LogP contribution in [0.3, 0.4) is 0 Å². The summed E-state index contributed by atoms with van der Waals surface area (Å²) in [4.78, 5) is 19.6. The molecule has 1 amide bonds. The molecule has 0 aromatic carbocycles. The second-order valence-corrected chi connectivity index (χ2v) is 5.65. The Morgan fingerprint density at radius 3 is 2.80 bits per heavy atom. The van der Waals surface area contributed by atoms with E-state index >= 15 is 0 Å².